The number of hydrogen-bond donors (Lipinski definition) is 3. The van der Waals surface area contributed by atoms with Gasteiger partial charge in [-0.05, 0) is 55.2 Å². The fraction of sp³-hybridized carbons (Fsp3) is 0.304. The molecule has 154 valence electrons. The summed E-state index contributed by atoms with van der Waals surface area (Å²) in [7, 11) is 0. The highest BCUT2D eigenvalue weighted by atomic mass is 16.3. The molecule has 7 nitrogen and oxygen atoms in total. The Morgan fingerprint density at radius 3 is 2.80 bits per heavy atom. The molecule has 30 heavy (non-hydrogen) atoms. The number of anilines is 2. The number of fused-ring (bicyclic) bond motifs is 7. The summed E-state index contributed by atoms with van der Waals surface area (Å²) in [6.07, 6.45) is 6.39. The third-order valence-corrected chi connectivity index (χ3v) is 5.18. The minimum absolute atomic E-state index is 0.0398. The molecule has 3 N–H and O–H groups in total. The second-order valence-corrected chi connectivity index (χ2v) is 7.42. The molecule has 1 atom stereocenters. The SMILES string of the molecule is O=C1CCCCc2cc(ccn2)-c2ccnc(n2)Nc2cccc(c2)CN[C@H]1CO. The predicted octanol–water partition coefficient (Wildman–Crippen LogP) is 3.03. The Morgan fingerprint density at radius 2 is 1.90 bits per heavy atom. The lowest BCUT2D eigenvalue weighted by atomic mass is 10.0. The molecular weight excluding hydrogens is 378 g/mol. The summed E-state index contributed by atoms with van der Waals surface area (Å²) in [6, 6.07) is 13.1. The second-order valence-electron chi connectivity index (χ2n) is 7.42. The average molecular weight is 403 g/mol. The van der Waals surface area contributed by atoms with E-state index in [1.54, 1.807) is 12.4 Å². The van der Waals surface area contributed by atoms with Gasteiger partial charge in [0, 0.05) is 42.3 Å². The van der Waals surface area contributed by atoms with E-state index < -0.39 is 6.04 Å². The molecule has 6 bridgehead atoms. The van der Waals surface area contributed by atoms with E-state index in [4.69, 9.17) is 0 Å². The number of carbonyl (C=O) groups excluding carboxylic acids is 1. The first-order chi connectivity index (χ1) is 14.7. The van der Waals surface area contributed by atoms with Crippen molar-refractivity contribution in [2.75, 3.05) is 11.9 Å². The van der Waals surface area contributed by atoms with E-state index in [9.17, 15) is 9.90 Å². The quantitative estimate of drug-likeness (QED) is 0.574. The molecule has 0 saturated heterocycles. The van der Waals surface area contributed by atoms with Crippen molar-refractivity contribution in [3.05, 3.63) is 66.1 Å². The number of Topliss-reactive ketones (excluding diaryl/α,β-unsaturated/α-hetero) is 1. The fourth-order valence-electron chi connectivity index (χ4n) is 3.54. The molecule has 0 radical (unpaired) electrons. The van der Waals surface area contributed by atoms with Crippen LogP contribution in [0.1, 0.15) is 30.5 Å². The number of carbonyl (C=O) groups is 1. The Hall–Kier alpha value is -3.16. The number of aliphatic hydroxyl groups is 1. The van der Waals surface area contributed by atoms with Crippen LogP contribution in [0.25, 0.3) is 11.3 Å². The van der Waals surface area contributed by atoms with Gasteiger partial charge in [-0.1, -0.05) is 12.1 Å². The van der Waals surface area contributed by atoms with Gasteiger partial charge in [0.15, 0.2) is 5.78 Å². The van der Waals surface area contributed by atoms with Crippen LogP contribution in [0.15, 0.2) is 54.9 Å². The highest BCUT2D eigenvalue weighted by Gasteiger charge is 2.16. The zero-order valence-corrected chi connectivity index (χ0v) is 16.7. The lowest BCUT2D eigenvalue weighted by Gasteiger charge is -2.16. The summed E-state index contributed by atoms with van der Waals surface area (Å²) in [5.74, 6) is 0.554. The van der Waals surface area contributed by atoms with Crippen LogP contribution >= 0.6 is 0 Å². The smallest absolute Gasteiger partial charge is 0.227 e. The molecule has 0 fully saturated rings. The van der Waals surface area contributed by atoms with Gasteiger partial charge in [-0.3, -0.25) is 9.78 Å². The van der Waals surface area contributed by atoms with Gasteiger partial charge >= 0.3 is 0 Å². The normalized spacial score (nSPS) is 17.5. The lowest BCUT2D eigenvalue weighted by molar-refractivity contribution is -0.122. The molecule has 3 aromatic rings. The minimum atomic E-state index is -0.554. The van der Waals surface area contributed by atoms with Crippen LogP contribution in [0.2, 0.25) is 0 Å². The Morgan fingerprint density at radius 1 is 1.03 bits per heavy atom. The Bertz CT molecular complexity index is 1020. The van der Waals surface area contributed by atoms with Gasteiger partial charge in [-0.2, -0.15) is 0 Å². The van der Waals surface area contributed by atoms with Crippen molar-refractivity contribution in [1.29, 1.82) is 0 Å². The summed E-state index contributed by atoms with van der Waals surface area (Å²) in [6.45, 7) is 0.281. The number of benzene rings is 1. The van der Waals surface area contributed by atoms with Gasteiger partial charge in [0.05, 0.1) is 18.3 Å². The van der Waals surface area contributed by atoms with E-state index in [2.05, 4.69) is 25.6 Å². The third-order valence-electron chi connectivity index (χ3n) is 5.18. The van der Waals surface area contributed by atoms with Crippen molar-refractivity contribution in [3.63, 3.8) is 0 Å². The molecule has 1 aliphatic rings. The first kappa shape index (κ1) is 20.1. The number of aliphatic hydroxyl groups excluding tert-OH is 1. The summed E-state index contributed by atoms with van der Waals surface area (Å²) in [5.41, 5.74) is 4.65. The molecule has 1 aliphatic heterocycles. The molecule has 2 aromatic heterocycles. The number of hydrogen-bond acceptors (Lipinski definition) is 7. The van der Waals surface area contributed by atoms with Crippen LogP contribution in [0.3, 0.4) is 0 Å². The number of nitrogens with one attached hydrogen (secondary N) is 2. The van der Waals surface area contributed by atoms with Crippen molar-refractivity contribution < 1.29 is 9.90 Å². The highest BCUT2D eigenvalue weighted by molar-refractivity contribution is 5.84. The van der Waals surface area contributed by atoms with Crippen LogP contribution in [-0.4, -0.2) is 38.5 Å². The summed E-state index contributed by atoms with van der Waals surface area (Å²) < 4.78 is 0. The summed E-state index contributed by atoms with van der Waals surface area (Å²) in [5, 5.41) is 16.1. The summed E-state index contributed by atoms with van der Waals surface area (Å²) in [4.78, 5) is 25.9. The molecular formula is C23H25N5O2. The number of aromatic nitrogens is 3. The van der Waals surface area contributed by atoms with Crippen molar-refractivity contribution in [2.24, 2.45) is 0 Å². The number of aryl methyl sites for hydroxylation is 1. The fourth-order valence-corrected chi connectivity index (χ4v) is 3.54. The van der Waals surface area contributed by atoms with Crippen LogP contribution in [0.4, 0.5) is 11.6 Å². The zero-order chi connectivity index (χ0) is 20.8. The van der Waals surface area contributed by atoms with E-state index in [0.29, 0.717) is 18.9 Å². The molecule has 4 rings (SSSR count). The molecule has 0 unspecified atom stereocenters. The van der Waals surface area contributed by atoms with Crippen LogP contribution < -0.4 is 10.6 Å². The molecule has 1 aromatic carbocycles. The number of pyridine rings is 1. The zero-order valence-electron chi connectivity index (χ0n) is 16.7. The third kappa shape index (κ3) is 5.06. The van der Waals surface area contributed by atoms with Crippen molar-refractivity contribution in [1.82, 2.24) is 20.3 Å². The van der Waals surface area contributed by atoms with Crippen LogP contribution in [-0.2, 0) is 17.8 Å². The van der Waals surface area contributed by atoms with Gasteiger partial charge in [-0.15, -0.1) is 0 Å². The summed E-state index contributed by atoms with van der Waals surface area (Å²) >= 11 is 0. The largest absolute Gasteiger partial charge is 0.394 e. The standard InChI is InChI=1S/C23H25N5O2/c29-15-21-22(30)7-2-1-5-18-13-17(8-10-24-18)20-9-11-25-23(28-20)27-19-6-3-4-16(12-19)14-26-21/h3-4,6,8-13,21,26,29H,1-2,5,7,14-15H2,(H,25,27,28)/t21-/m0/s1. The van der Waals surface area contributed by atoms with Gasteiger partial charge in [0.2, 0.25) is 5.95 Å². The lowest BCUT2D eigenvalue weighted by Crippen LogP contribution is -2.39. The number of ketones is 1. The maximum atomic E-state index is 12.5. The first-order valence-electron chi connectivity index (χ1n) is 10.2. The van der Waals surface area contributed by atoms with E-state index in [1.807, 2.05) is 42.5 Å². The predicted molar refractivity (Wildman–Crippen MR) is 115 cm³/mol. The van der Waals surface area contributed by atoms with Crippen molar-refractivity contribution >= 4 is 17.4 Å². The van der Waals surface area contributed by atoms with E-state index in [-0.39, 0.29) is 12.4 Å². The second kappa shape index (κ2) is 9.56. The monoisotopic (exact) mass is 403 g/mol. The maximum absolute atomic E-state index is 12.5. The molecule has 0 aliphatic carbocycles. The Balaban J connectivity index is 1.65. The van der Waals surface area contributed by atoms with Crippen molar-refractivity contribution in [3.8, 4) is 11.3 Å². The maximum Gasteiger partial charge on any atom is 0.227 e. The Kier molecular flexibility index (Phi) is 6.41. The number of rotatable bonds is 1. The van der Waals surface area contributed by atoms with Crippen LogP contribution in [0.5, 0.6) is 0 Å². The van der Waals surface area contributed by atoms with Gasteiger partial charge in [0.25, 0.3) is 0 Å². The Labute approximate surface area is 175 Å². The first-order valence-corrected chi connectivity index (χ1v) is 10.2. The van der Waals surface area contributed by atoms with Crippen molar-refractivity contribution in [2.45, 2.75) is 38.3 Å². The topological polar surface area (TPSA) is 100 Å². The molecule has 0 amide bonds. The van der Waals surface area contributed by atoms with Gasteiger partial charge in [0.1, 0.15) is 0 Å². The number of nitrogens with zero attached hydrogens (tertiary/aromatic N) is 3. The molecule has 0 spiro atoms. The van der Waals surface area contributed by atoms with Crippen LogP contribution in [0, 0.1) is 0 Å². The molecule has 3 heterocycles. The van der Waals surface area contributed by atoms with Gasteiger partial charge in [-0.25, -0.2) is 9.97 Å². The molecule has 0 saturated carbocycles. The molecule has 7 heteroatoms. The van der Waals surface area contributed by atoms with Gasteiger partial charge < -0.3 is 15.7 Å². The van der Waals surface area contributed by atoms with E-state index in [0.717, 1.165) is 47.5 Å². The highest BCUT2D eigenvalue weighted by Crippen LogP contribution is 2.21. The average Bonchev–Trinajstić information content (AvgIpc) is 2.77. The minimum Gasteiger partial charge on any atom is -0.394 e. The van der Waals surface area contributed by atoms with E-state index >= 15 is 0 Å². The van der Waals surface area contributed by atoms with E-state index in [1.165, 1.54) is 0 Å².